The van der Waals surface area contributed by atoms with Crippen molar-refractivity contribution in [3.63, 3.8) is 0 Å². The van der Waals surface area contributed by atoms with Crippen LogP contribution in [-0.4, -0.2) is 16.3 Å². The lowest BCUT2D eigenvalue weighted by Crippen LogP contribution is -2.21. The van der Waals surface area contributed by atoms with Gasteiger partial charge in [-0.2, -0.15) is 5.10 Å². The second-order valence-electron chi connectivity index (χ2n) is 5.30. The molecule has 0 aliphatic rings. The predicted molar refractivity (Wildman–Crippen MR) is 79.7 cm³/mol. The van der Waals surface area contributed by atoms with E-state index in [0.717, 1.165) is 29.8 Å². The smallest absolute Gasteiger partial charge is 0.126 e. The summed E-state index contributed by atoms with van der Waals surface area (Å²) in [5.74, 6) is -0.169. The maximum Gasteiger partial charge on any atom is 0.126 e. The standard InChI is InChI=1S/C16H22FN3/c1-5-6-18-13(4)14-8-15(17)12(3)7-16(14)20-10-11(2)9-19-20/h7-10,13,18H,5-6H2,1-4H3. The van der Waals surface area contributed by atoms with E-state index < -0.39 is 0 Å². The van der Waals surface area contributed by atoms with Gasteiger partial charge in [-0.25, -0.2) is 9.07 Å². The third-order valence-corrected chi connectivity index (χ3v) is 3.43. The summed E-state index contributed by atoms with van der Waals surface area (Å²) in [4.78, 5) is 0. The number of halogens is 1. The maximum atomic E-state index is 13.9. The molecular formula is C16H22FN3. The van der Waals surface area contributed by atoms with Crippen LogP contribution in [0.25, 0.3) is 5.69 Å². The Morgan fingerprint density at radius 3 is 2.70 bits per heavy atom. The van der Waals surface area contributed by atoms with E-state index in [1.807, 2.05) is 30.1 Å². The van der Waals surface area contributed by atoms with Crippen LogP contribution >= 0.6 is 0 Å². The monoisotopic (exact) mass is 275 g/mol. The third kappa shape index (κ3) is 3.07. The van der Waals surface area contributed by atoms with Crippen LogP contribution in [0.2, 0.25) is 0 Å². The van der Waals surface area contributed by atoms with Gasteiger partial charge in [-0.15, -0.1) is 0 Å². The summed E-state index contributed by atoms with van der Waals surface area (Å²) in [6.07, 6.45) is 4.82. The molecule has 0 saturated carbocycles. The Morgan fingerprint density at radius 1 is 1.35 bits per heavy atom. The molecule has 1 aromatic carbocycles. The quantitative estimate of drug-likeness (QED) is 0.902. The average molecular weight is 275 g/mol. The van der Waals surface area contributed by atoms with Crippen LogP contribution in [0, 0.1) is 19.7 Å². The minimum Gasteiger partial charge on any atom is -0.310 e. The summed E-state index contributed by atoms with van der Waals surface area (Å²) in [7, 11) is 0. The van der Waals surface area contributed by atoms with Crippen molar-refractivity contribution in [2.75, 3.05) is 6.54 Å². The molecule has 2 aromatic rings. The molecule has 4 heteroatoms. The highest BCUT2D eigenvalue weighted by atomic mass is 19.1. The summed E-state index contributed by atoms with van der Waals surface area (Å²) in [5, 5.41) is 7.75. The maximum absolute atomic E-state index is 13.9. The molecule has 1 aromatic heterocycles. The molecule has 0 spiro atoms. The number of nitrogens with one attached hydrogen (secondary N) is 1. The van der Waals surface area contributed by atoms with E-state index in [0.29, 0.717) is 5.56 Å². The Hall–Kier alpha value is -1.68. The van der Waals surface area contributed by atoms with Crippen LogP contribution in [0.4, 0.5) is 4.39 Å². The summed E-state index contributed by atoms with van der Waals surface area (Å²) in [5.41, 5.74) is 3.60. The van der Waals surface area contributed by atoms with E-state index in [-0.39, 0.29) is 11.9 Å². The van der Waals surface area contributed by atoms with Crippen LogP contribution in [-0.2, 0) is 0 Å². The van der Waals surface area contributed by atoms with Gasteiger partial charge in [-0.1, -0.05) is 6.92 Å². The van der Waals surface area contributed by atoms with Crippen LogP contribution in [0.3, 0.4) is 0 Å². The van der Waals surface area contributed by atoms with Gasteiger partial charge in [0.25, 0.3) is 0 Å². The fraction of sp³-hybridized carbons (Fsp3) is 0.438. The topological polar surface area (TPSA) is 29.9 Å². The normalized spacial score (nSPS) is 12.7. The lowest BCUT2D eigenvalue weighted by molar-refractivity contribution is 0.556. The zero-order valence-electron chi connectivity index (χ0n) is 12.6. The molecule has 2 rings (SSSR count). The molecule has 0 fully saturated rings. The number of hydrogen-bond donors (Lipinski definition) is 1. The van der Waals surface area contributed by atoms with Gasteiger partial charge < -0.3 is 5.32 Å². The van der Waals surface area contributed by atoms with Gasteiger partial charge in [0.15, 0.2) is 0 Å². The number of nitrogens with zero attached hydrogens (tertiary/aromatic N) is 2. The minimum atomic E-state index is -0.169. The first-order chi connectivity index (χ1) is 9.52. The fourth-order valence-corrected chi connectivity index (χ4v) is 2.24. The van der Waals surface area contributed by atoms with Crippen molar-refractivity contribution in [1.82, 2.24) is 15.1 Å². The zero-order chi connectivity index (χ0) is 14.7. The van der Waals surface area contributed by atoms with Gasteiger partial charge in [-0.3, -0.25) is 0 Å². The molecule has 20 heavy (non-hydrogen) atoms. The Morgan fingerprint density at radius 2 is 2.10 bits per heavy atom. The second kappa shape index (κ2) is 6.18. The van der Waals surface area contributed by atoms with Crippen LogP contribution in [0.1, 0.15) is 43.0 Å². The lowest BCUT2D eigenvalue weighted by atomic mass is 10.0. The first-order valence-corrected chi connectivity index (χ1v) is 7.08. The largest absolute Gasteiger partial charge is 0.310 e. The number of aromatic nitrogens is 2. The summed E-state index contributed by atoms with van der Waals surface area (Å²) < 4.78 is 15.7. The Kier molecular flexibility index (Phi) is 4.55. The highest BCUT2D eigenvalue weighted by Crippen LogP contribution is 2.25. The highest BCUT2D eigenvalue weighted by Gasteiger charge is 2.15. The predicted octanol–water partition coefficient (Wildman–Crippen LogP) is 3.69. The number of hydrogen-bond acceptors (Lipinski definition) is 2. The molecule has 1 atom stereocenters. The average Bonchev–Trinajstić information content (AvgIpc) is 2.85. The molecule has 0 aliphatic heterocycles. The summed E-state index contributed by atoms with van der Waals surface area (Å²) >= 11 is 0. The first-order valence-electron chi connectivity index (χ1n) is 7.08. The molecule has 0 bridgehead atoms. The molecule has 1 unspecified atom stereocenters. The van der Waals surface area contributed by atoms with Gasteiger partial charge in [-0.05, 0) is 62.6 Å². The Balaban J connectivity index is 2.45. The van der Waals surface area contributed by atoms with Crippen molar-refractivity contribution in [1.29, 1.82) is 0 Å². The number of rotatable bonds is 5. The SMILES string of the molecule is CCCNC(C)c1cc(F)c(C)cc1-n1cc(C)cn1. The molecule has 1 N–H and O–H groups in total. The van der Waals surface area contributed by atoms with Gasteiger partial charge in [0.2, 0.25) is 0 Å². The van der Waals surface area contributed by atoms with Crippen molar-refractivity contribution >= 4 is 0 Å². The van der Waals surface area contributed by atoms with Crippen molar-refractivity contribution in [2.45, 2.75) is 40.2 Å². The van der Waals surface area contributed by atoms with Crippen molar-refractivity contribution in [2.24, 2.45) is 0 Å². The molecule has 1 heterocycles. The fourth-order valence-electron chi connectivity index (χ4n) is 2.24. The van der Waals surface area contributed by atoms with Crippen LogP contribution in [0.15, 0.2) is 24.5 Å². The van der Waals surface area contributed by atoms with Gasteiger partial charge in [0, 0.05) is 12.2 Å². The molecule has 0 radical (unpaired) electrons. The summed E-state index contributed by atoms with van der Waals surface area (Å²) in [6.45, 7) is 8.86. The Bertz CT molecular complexity index is 589. The van der Waals surface area contributed by atoms with E-state index >= 15 is 0 Å². The zero-order valence-corrected chi connectivity index (χ0v) is 12.6. The number of aryl methyl sites for hydroxylation is 2. The van der Waals surface area contributed by atoms with Crippen LogP contribution < -0.4 is 5.32 Å². The molecule has 0 aliphatic carbocycles. The first kappa shape index (κ1) is 14.7. The van der Waals surface area contributed by atoms with Gasteiger partial charge in [0.05, 0.1) is 11.9 Å². The van der Waals surface area contributed by atoms with E-state index in [1.54, 1.807) is 13.0 Å². The van der Waals surface area contributed by atoms with Crippen molar-refractivity contribution in [3.8, 4) is 5.69 Å². The van der Waals surface area contributed by atoms with Crippen molar-refractivity contribution in [3.05, 3.63) is 47.0 Å². The highest BCUT2D eigenvalue weighted by molar-refractivity contribution is 5.45. The van der Waals surface area contributed by atoms with Gasteiger partial charge in [0.1, 0.15) is 5.82 Å². The third-order valence-electron chi connectivity index (χ3n) is 3.43. The second-order valence-corrected chi connectivity index (χ2v) is 5.30. The van der Waals surface area contributed by atoms with Gasteiger partial charge >= 0.3 is 0 Å². The van der Waals surface area contributed by atoms with E-state index in [1.165, 1.54) is 0 Å². The van der Waals surface area contributed by atoms with Crippen LogP contribution in [0.5, 0.6) is 0 Å². The molecule has 0 amide bonds. The molecule has 108 valence electrons. The van der Waals surface area contributed by atoms with Crippen molar-refractivity contribution < 1.29 is 4.39 Å². The van der Waals surface area contributed by atoms with E-state index in [2.05, 4.69) is 24.3 Å². The molecule has 3 nitrogen and oxygen atoms in total. The van der Waals surface area contributed by atoms with E-state index in [9.17, 15) is 4.39 Å². The molecular weight excluding hydrogens is 253 g/mol. The lowest BCUT2D eigenvalue weighted by Gasteiger charge is -2.19. The molecule has 0 saturated heterocycles. The summed E-state index contributed by atoms with van der Waals surface area (Å²) in [6, 6.07) is 3.57. The minimum absolute atomic E-state index is 0.0876. The number of benzene rings is 1. The Labute approximate surface area is 119 Å². The van der Waals surface area contributed by atoms with E-state index in [4.69, 9.17) is 0 Å².